The Morgan fingerprint density at radius 3 is 2.82 bits per heavy atom. The molecular weight excluding hydrogens is 234 g/mol. The Kier molecular flexibility index (Phi) is 2.63. The second-order valence-corrected chi connectivity index (χ2v) is 4.81. The zero-order chi connectivity index (χ0) is 11.8. The molecule has 0 radical (unpaired) electrons. The highest BCUT2D eigenvalue weighted by Crippen LogP contribution is 2.41. The molecular formula is C13H14ClN3. The summed E-state index contributed by atoms with van der Waals surface area (Å²) in [5.41, 5.74) is 3.28. The quantitative estimate of drug-likeness (QED) is 0.843. The molecule has 1 saturated carbocycles. The molecule has 3 rings (SSSR count). The molecule has 0 saturated heterocycles. The molecule has 1 aliphatic carbocycles. The minimum Gasteiger partial charge on any atom is -0.340 e. The first kappa shape index (κ1) is 10.8. The molecule has 0 amide bonds. The van der Waals surface area contributed by atoms with Crippen LogP contribution in [0.1, 0.15) is 37.1 Å². The van der Waals surface area contributed by atoms with E-state index >= 15 is 0 Å². The first-order valence-electron chi connectivity index (χ1n) is 5.99. The Balaban J connectivity index is 2.03. The van der Waals surface area contributed by atoms with Crippen LogP contribution in [0.15, 0.2) is 18.2 Å². The molecule has 0 unspecified atom stereocenters. The first-order valence-corrected chi connectivity index (χ1v) is 6.37. The SMILES string of the molecule is CCc1nc(-c2cccc(Cl)n2)[nH]c1C1CC1. The van der Waals surface area contributed by atoms with Gasteiger partial charge >= 0.3 is 0 Å². The van der Waals surface area contributed by atoms with Gasteiger partial charge in [0.1, 0.15) is 10.8 Å². The Hall–Kier alpha value is -1.35. The van der Waals surface area contributed by atoms with Gasteiger partial charge in [0, 0.05) is 11.6 Å². The van der Waals surface area contributed by atoms with Crippen molar-refractivity contribution in [3.05, 3.63) is 34.7 Å². The average Bonchev–Trinajstić information content (AvgIpc) is 3.08. The van der Waals surface area contributed by atoms with Gasteiger partial charge in [-0.15, -0.1) is 0 Å². The molecule has 1 aliphatic rings. The number of hydrogen-bond acceptors (Lipinski definition) is 2. The van der Waals surface area contributed by atoms with Crippen molar-refractivity contribution in [3.8, 4) is 11.5 Å². The number of aromatic nitrogens is 3. The number of aromatic amines is 1. The van der Waals surface area contributed by atoms with E-state index in [1.807, 2.05) is 12.1 Å². The summed E-state index contributed by atoms with van der Waals surface area (Å²) in [6.45, 7) is 2.14. The summed E-state index contributed by atoms with van der Waals surface area (Å²) in [5, 5.41) is 0.505. The largest absolute Gasteiger partial charge is 0.340 e. The molecule has 0 atom stereocenters. The Morgan fingerprint density at radius 1 is 1.35 bits per heavy atom. The molecule has 0 aliphatic heterocycles. The van der Waals surface area contributed by atoms with Crippen molar-refractivity contribution in [2.45, 2.75) is 32.1 Å². The molecule has 0 aromatic carbocycles. The number of nitrogens with zero attached hydrogens (tertiary/aromatic N) is 2. The van der Waals surface area contributed by atoms with Crippen molar-refractivity contribution in [1.29, 1.82) is 0 Å². The van der Waals surface area contributed by atoms with Crippen molar-refractivity contribution in [2.24, 2.45) is 0 Å². The average molecular weight is 248 g/mol. The maximum atomic E-state index is 5.90. The van der Waals surface area contributed by atoms with Crippen molar-refractivity contribution < 1.29 is 0 Å². The van der Waals surface area contributed by atoms with Gasteiger partial charge in [0.05, 0.1) is 5.69 Å². The van der Waals surface area contributed by atoms with Gasteiger partial charge in [0.25, 0.3) is 0 Å². The second kappa shape index (κ2) is 4.15. The van der Waals surface area contributed by atoms with Gasteiger partial charge in [-0.25, -0.2) is 9.97 Å². The minimum absolute atomic E-state index is 0.505. The minimum atomic E-state index is 0.505. The summed E-state index contributed by atoms with van der Waals surface area (Å²) in [6, 6.07) is 5.60. The highest BCUT2D eigenvalue weighted by atomic mass is 35.5. The number of aryl methyl sites for hydroxylation is 1. The zero-order valence-corrected chi connectivity index (χ0v) is 10.5. The van der Waals surface area contributed by atoms with Crippen LogP contribution in [0.25, 0.3) is 11.5 Å². The van der Waals surface area contributed by atoms with Crippen LogP contribution in [0.5, 0.6) is 0 Å². The van der Waals surface area contributed by atoms with Crippen LogP contribution in [0.3, 0.4) is 0 Å². The summed E-state index contributed by atoms with van der Waals surface area (Å²) in [6.07, 6.45) is 3.51. The molecule has 4 heteroatoms. The number of H-pyrrole nitrogens is 1. The maximum absolute atomic E-state index is 5.90. The number of rotatable bonds is 3. The van der Waals surface area contributed by atoms with E-state index in [4.69, 9.17) is 11.6 Å². The van der Waals surface area contributed by atoms with Crippen LogP contribution >= 0.6 is 11.6 Å². The number of halogens is 1. The lowest BCUT2D eigenvalue weighted by molar-refractivity contribution is 0.969. The van der Waals surface area contributed by atoms with Gasteiger partial charge in [0.2, 0.25) is 0 Å². The molecule has 0 spiro atoms. The number of pyridine rings is 1. The van der Waals surface area contributed by atoms with Crippen molar-refractivity contribution in [2.75, 3.05) is 0 Å². The van der Waals surface area contributed by atoms with E-state index in [1.165, 1.54) is 24.2 Å². The Morgan fingerprint density at radius 2 is 2.18 bits per heavy atom. The summed E-state index contributed by atoms with van der Waals surface area (Å²) in [7, 11) is 0. The molecule has 1 N–H and O–H groups in total. The lowest BCUT2D eigenvalue weighted by Crippen LogP contribution is -1.87. The van der Waals surface area contributed by atoms with Crippen LogP contribution in [-0.2, 0) is 6.42 Å². The topological polar surface area (TPSA) is 41.6 Å². The van der Waals surface area contributed by atoms with E-state index in [9.17, 15) is 0 Å². The van der Waals surface area contributed by atoms with Crippen molar-refractivity contribution in [1.82, 2.24) is 15.0 Å². The van der Waals surface area contributed by atoms with Gasteiger partial charge in [-0.1, -0.05) is 24.6 Å². The fourth-order valence-electron chi connectivity index (χ4n) is 2.06. The lowest BCUT2D eigenvalue weighted by atomic mass is 10.2. The number of nitrogens with one attached hydrogen (secondary N) is 1. The summed E-state index contributed by atoms with van der Waals surface area (Å²) >= 11 is 5.90. The maximum Gasteiger partial charge on any atom is 0.156 e. The van der Waals surface area contributed by atoms with E-state index in [1.54, 1.807) is 6.07 Å². The third kappa shape index (κ3) is 2.07. The molecule has 88 valence electrons. The monoisotopic (exact) mass is 247 g/mol. The van der Waals surface area contributed by atoms with Gasteiger partial charge < -0.3 is 4.98 Å². The molecule has 3 nitrogen and oxygen atoms in total. The smallest absolute Gasteiger partial charge is 0.156 e. The fourth-order valence-corrected chi connectivity index (χ4v) is 2.23. The molecule has 0 bridgehead atoms. The normalized spacial score (nSPS) is 15.2. The van der Waals surface area contributed by atoms with Crippen LogP contribution in [0.2, 0.25) is 5.15 Å². The summed E-state index contributed by atoms with van der Waals surface area (Å²) in [5.74, 6) is 1.52. The van der Waals surface area contributed by atoms with Crippen molar-refractivity contribution >= 4 is 11.6 Å². The summed E-state index contributed by atoms with van der Waals surface area (Å²) < 4.78 is 0. The van der Waals surface area contributed by atoms with Gasteiger partial charge in [-0.2, -0.15) is 0 Å². The van der Waals surface area contributed by atoms with Gasteiger partial charge in [-0.05, 0) is 31.4 Å². The number of imidazole rings is 1. The molecule has 2 aromatic heterocycles. The molecule has 2 aromatic rings. The molecule has 1 fully saturated rings. The highest BCUT2D eigenvalue weighted by Gasteiger charge is 2.28. The molecule has 2 heterocycles. The van der Waals surface area contributed by atoms with Gasteiger partial charge in [0.15, 0.2) is 5.82 Å². The third-order valence-electron chi connectivity index (χ3n) is 3.09. The van der Waals surface area contributed by atoms with E-state index in [0.717, 1.165) is 17.9 Å². The number of hydrogen-bond donors (Lipinski definition) is 1. The highest BCUT2D eigenvalue weighted by molar-refractivity contribution is 6.29. The second-order valence-electron chi connectivity index (χ2n) is 4.42. The zero-order valence-electron chi connectivity index (χ0n) is 9.70. The van der Waals surface area contributed by atoms with E-state index in [-0.39, 0.29) is 0 Å². The Labute approximate surface area is 105 Å². The Bertz CT molecular complexity index is 543. The van der Waals surface area contributed by atoms with E-state index in [0.29, 0.717) is 11.1 Å². The van der Waals surface area contributed by atoms with Crippen LogP contribution < -0.4 is 0 Å². The lowest BCUT2D eigenvalue weighted by Gasteiger charge is -1.96. The van der Waals surface area contributed by atoms with E-state index < -0.39 is 0 Å². The summed E-state index contributed by atoms with van der Waals surface area (Å²) in [4.78, 5) is 12.3. The molecule has 17 heavy (non-hydrogen) atoms. The van der Waals surface area contributed by atoms with E-state index in [2.05, 4.69) is 21.9 Å². The van der Waals surface area contributed by atoms with Crippen LogP contribution in [-0.4, -0.2) is 15.0 Å². The first-order chi connectivity index (χ1) is 8.28. The standard InChI is InChI=1S/C13H14ClN3/c1-2-9-12(8-6-7-8)17-13(16-9)10-4-3-5-11(14)15-10/h3-5,8H,2,6-7H2,1H3,(H,16,17). The van der Waals surface area contributed by atoms with Crippen molar-refractivity contribution in [3.63, 3.8) is 0 Å². The van der Waals surface area contributed by atoms with Crippen LogP contribution in [0, 0.1) is 0 Å². The van der Waals surface area contributed by atoms with Crippen LogP contribution in [0.4, 0.5) is 0 Å². The fraction of sp³-hybridized carbons (Fsp3) is 0.385. The third-order valence-corrected chi connectivity index (χ3v) is 3.30. The predicted molar refractivity (Wildman–Crippen MR) is 68.2 cm³/mol. The predicted octanol–water partition coefficient (Wildman–Crippen LogP) is 3.56. The van der Waals surface area contributed by atoms with Gasteiger partial charge in [-0.3, -0.25) is 0 Å².